The van der Waals surface area contributed by atoms with E-state index in [0.717, 1.165) is 24.0 Å². The number of carbonyl (C=O) groups is 3. The zero-order valence-corrected chi connectivity index (χ0v) is 15.3. The molecule has 0 spiro atoms. The standard InChI is InChI=1S/C21H22N2O4/c1-12-9-13(2)11-16(10-12)18(21(26)27)23-20(25)15-5-3-14(4-6-15)19(24)22-17-7-8-17/h3-6,9-11,17-18H,7-8H2,1-2H3,(H,22,24)(H,23,25)(H,26,27). The van der Waals surface area contributed by atoms with E-state index in [-0.39, 0.29) is 11.9 Å². The van der Waals surface area contributed by atoms with Gasteiger partial charge in [0.1, 0.15) is 0 Å². The van der Waals surface area contributed by atoms with Gasteiger partial charge in [0.15, 0.2) is 6.04 Å². The van der Waals surface area contributed by atoms with Crippen LogP contribution < -0.4 is 10.6 Å². The smallest absolute Gasteiger partial charge is 0.330 e. The normalized spacial score (nSPS) is 14.3. The molecule has 0 aromatic heterocycles. The van der Waals surface area contributed by atoms with Crippen molar-refractivity contribution in [2.75, 3.05) is 0 Å². The van der Waals surface area contributed by atoms with E-state index in [1.807, 2.05) is 19.9 Å². The van der Waals surface area contributed by atoms with Crippen LogP contribution in [0.4, 0.5) is 0 Å². The van der Waals surface area contributed by atoms with Crippen LogP contribution in [0.15, 0.2) is 42.5 Å². The summed E-state index contributed by atoms with van der Waals surface area (Å²) in [7, 11) is 0. The summed E-state index contributed by atoms with van der Waals surface area (Å²) < 4.78 is 0. The molecule has 0 saturated heterocycles. The lowest BCUT2D eigenvalue weighted by molar-refractivity contribution is -0.139. The van der Waals surface area contributed by atoms with Crippen molar-refractivity contribution in [3.05, 3.63) is 70.3 Å². The fourth-order valence-corrected chi connectivity index (χ4v) is 2.95. The van der Waals surface area contributed by atoms with Gasteiger partial charge in [0.2, 0.25) is 0 Å². The fraction of sp³-hybridized carbons (Fsp3) is 0.286. The fourth-order valence-electron chi connectivity index (χ4n) is 2.95. The number of aliphatic carboxylic acids is 1. The van der Waals surface area contributed by atoms with Crippen molar-refractivity contribution in [3.63, 3.8) is 0 Å². The summed E-state index contributed by atoms with van der Waals surface area (Å²) in [4.78, 5) is 36.2. The summed E-state index contributed by atoms with van der Waals surface area (Å²) in [6.07, 6.45) is 2.00. The number of nitrogens with one attached hydrogen (secondary N) is 2. The number of benzene rings is 2. The molecule has 1 unspecified atom stereocenters. The van der Waals surface area contributed by atoms with Crippen molar-refractivity contribution < 1.29 is 19.5 Å². The minimum absolute atomic E-state index is 0.164. The summed E-state index contributed by atoms with van der Waals surface area (Å²) >= 11 is 0. The first kappa shape index (κ1) is 18.6. The maximum atomic E-state index is 12.5. The van der Waals surface area contributed by atoms with Crippen LogP contribution in [0.1, 0.15) is 56.3 Å². The average Bonchev–Trinajstić information content (AvgIpc) is 3.42. The number of aryl methyl sites for hydroxylation is 2. The van der Waals surface area contributed by atoms with Crippen LogP contribution in [-0.2, 0) is 4.79 Å². The Bertz CT molecular complexity index is 865. The lowest BCUT2D eigenvalue weighted by Crippen LogP contribution is -2.34. The molecule has 1 aliphatic rings. The van der Waals surface area contributed by atoms with E-state index in [4.69, 9.17) is 0 Å². The van der Waals surface area contributed by atoms with Crippen molar-refractivity contribution in [1.29, 1.82) is 0 Å². The van der Waals surface area contributed by atoms with Crippen LogP contribution in [0.2, 0.25) is 0 Å². The van der Waals surface area contributed by atoms with Crippen molar-refractivity contribution in [3.8, 4) is 0 Å². The first-order valence-electron chi connectivity index (χ1n) is 8.86. The summed E-state index contributed by atoms with van der Waals surface area (Å²) in [6, 6.07) is 10.7. The molecule has 1 aliphatic carbocycles. The largest absolute Gasteiger partial charge is 0.479 e. The molecule has 6 nitrogen and oxygen atoms in total. The first-order chi connectivity index (χ1) is 12.8. The summed E-state index contributed by atoms with van der Waals surface area (Å²) in [5, 5.41) is 15.0. The Morgan fingerprint density at radius 1 is 0.926 bits per heavy atom. The van der Waals surface area contributed by atoms with Gasteiger partial charge in [-0.2, -0.15) is 0 Å². The van der Waals surface area contributed by atoms with Gasteiger partial charge in [-0.05, 0) is 56.5 Å². The number of amides is 2. The molecule has 0 aliphatic heterocycles. The van der Waals surface area contributed by atoms with E-state index < -0.39 is 17.9 Å². The average molecular weight is 366 g/mol. The maximum absolute atomic E-state index is 12.5. The zero-order valence-electron chi connectivity index (χ0n) is 15.3. The van der Waals surface area contributed by atoms with Gasteiger partial charge < -0.3 is 15.7 Å². The summed E-state index contributed by atoms with van der Waals surface area (Å²) in [5.41, 5.74) is 3.15. The van der Waals surface area contributed by atoms with E-state index in [1.165, 1.54) is 12.1 Å². The number of rotatable bonds is 6. The lowest BCUT2D eigenvalue weighted by atomic mass is 10.0. The second-order valence-electron chi connectivity index (χ2n) is 6.99. The highest BCUT2D eigenvalue weighted by Gasteiger charge is 2.25. The monoisotopic (exact) mass is 366 g/mol. The van der Waals surface area contributed by atoms with Crippen molar-refractivity contribution >= 4 is 17.8 Å². The van der Waals surface area contributed by atoms with E-state index >= 15 is 0 Å². The summed E-state index contributed by atoms with van der Waals surface area (Å²) in [5.74, 6) is -1.80. The Hall–Kier alpha value is -3.15. The van der Waals surface area contributed by atoms with Crippen molar-refractivity contribution in [1.82, 2.24) is 10.6 Å². The van der Waals surface area contributed by atoms with Crippen molar-refractivity contribution in [2.24, 2.45) is 0 Å². The van der Waals surface area contributed by atoms with Gasteiger partial charge in [0, 0.05) is 17.2 Å². The second-order valence-corrected chi connectivity index (χ2v) is 6.99. The maximum Gasteiger partial charge on any atom is 0.330 e. The number of carboxylic acid groups (broad SMARTS) is 1. The SMILES string of the molecule is Cc1cc(C)cc(C(NC(=O)c2ccc(C(=O)NC3CC3)cc2)C(=O)O)c1. The quantitative estimate of drug-likeness (QED) is 0.732. The molecule has 0 bridgehead atoms. The van der Waals surface area contributed by atoms with Gasteiger partial charge >= 0.3 is 5.97 Å². The molecular weight excluding hydrogens is 344 g/mol. The van der Waals surface area contributed by atoms with E-state index in [1.54, 1.807) is 24.3 Å². The molecule has 2 aromatic carbocycles. The molecule has 0 heterocycles. The van der Waals surface area contributed by atoms with Gasteiger partial charge in [0.25, 0.3) is 11.8 Å². The predicted octanol–water partition coefficient (Wildman–Crippen LogP) is 2.75. The number of hydrogen-bond donors (Lipinski definition) is 3. The van der Waals surface area contributed by atoms with Gasteiger partial charge in [-0.25, -0.2) is 4.79 Å². The molecule has 2 aromatic rings. The number of carbonyl (C=O) groups excluding carboxylic acids is 2. The molecule has 6 heteroatoms. The summed E-state index contributed by atoms with van der Waals surface area (Å²) in [6.45, 7) is 3.76. The van der Waals surface area contributed by atoms with E-state index in [9.17, 15) is 19.5 Å². The Balaban J connectivity index is 1.73. The molecule has 3 rings (SSSR count). The van der Waals surface area contributed by atoms with Crippen LogP contribution in [0, 0.1) is 13.8 Å². The van der Waals surface area contributed by atoms with Gasteiger partial charge in [-0.3, -0.25) is 9.59 Å². The van der Waals surface area contributed by atoms with E-state index in [0.29, 0.717) is 16.7 Å². The van der Waals surface area contributed by atoms with Crippen LogP contribution >= 0.6 is 0 Å². The van der Waals surface area contributed by atoms with Crippen LogP contribution in [0.5, 0.6) is 0 Å². The third-order valence-corrected chi connectivity index (χ3v) is 4.42. The molecule has 2 amide bonds. The van der Waals surface area contributed by atoms with Crippen molar-refractivity contribution in [2.45, 2.75) is 38.8 Å². The molecule has 1 saturated carbocycles. The van der Waals surface area contributed by atoms with Gasteiger partial charge in [-0.15, -0.1) is 0 Å². The van der Waals surface area contributed by atoms with E-state index in [2.05, 4.69) is 10.6 Å². The molecule has 1 fully saturated rings. The molecule has 3 N–H and O–H groups in total. The zero-order chi connectivity index (χ0) is 19.6. The minimum Gasteiger partial charge on any atom is -0.479 e. The molecule has 1 atom stereocenters. The Kier molecular flexibility index (Phi) is 5.26. The molecule has 27 heavy (non-hydrogen) atoms. The topological polar surface area (TPSA) is 95.5 Å². The lowest BCUT2D eigenvalue weighted by Gasteiger charge is -2.16. The Morgan fingerprint density at radius 3 is 1.93 bits per heavy atom. The van der Waals surface area contributed by atoms with Crippen LogP contribution in [0.25, 0.3) is 0 Å². The number of carboxylic acids is 1. The molecular formula is C21H22N2O4. The van der Waals surface area contributed by atoms with Gasteiger partial charge in [0.05, 0.1) is 0 Å². The van der Waals surface area contributed by atoms with Gasteiger partial charge in [-0.1, -0.05) is 29.3 Å². The van der Waals surface area contributed by atoms with Crippen LogP contribution in [0.3, 0.4) is 0 Å². The highest BCUT2D eigenvalue weighted by atomic mass is 16.4. The first-order valence-corrected chi connectivity index (χ1v) is 8.86. The second kappa shape index (κ2) is 7.61. The van der Waals surface area contributed by atoms with Crippen LogP contribution in [-0.4, -0.2) is 28.9 Å². The number of hydrogen-bond acceptors (Lipinski definition) is 3. The minimum atomic E-state index is -1.14. The Morgan fingerprint density at radius 2 is 1.44 bits per heavy atom. The highest BCUT2D eigenvalue weighted by Crippen LogP contribution is 2.20. The highest BCUT2D eigenvalue weighted by molar-refractivity contribution is 5.99. The third-order valence-electron chi connectivity index (χ3n) is 4.42. The molecule has 140 valence electrons. The predicted molar refractivity (Wildman–Crippen MR) is 101 cm³/mol. The third kappa shape index (κ3) is 4.73. The Labute approximate surface area is 157 Å². The molecule has 0 radical (unpaired) electrons.